The number of carbonyl (C=O) groups excluding carboxylic acids is 1. The maximum absolute atomic E-state index is 11.3. The number of aliphatic hydroxyl groups excluding tert-OH is 1. The van der Waals surface area contributed by atoms with E-state index >= 15 is 0 Å². The minimum absolute atomic E-state index is 0.113. The molecular formula is C10H19NO2S. The summed E-state index contributed by atoms with van der Waals surface area (Å²) >= 11 is 1.86. The van der Waals surface area contributed by atoms with Crippen molar-refractivity contribution in [1.29, 1.82) is 0 Å². The molecule has 1 unspecified atom stereocenters. The zero-order chi connectivity index (χ0) is 10.4. The summed E-state index contributed by atoms with van der Waals surface area (Å²) < 4.78 is 0. The molecule has 82 valence electrons. The lowest BCUT2D eigenvalue weighted by molar-refractivity contribution is -0.127. The van der Waals surface area contributed by atoms with E-state index in [9.17, 15) is 9.90 Å². The summed E-state index contributed by atoms with van der Waals surface area (Å²) in [7, 11) is 0. The predicted octanol–water partition coefficient (Wildman–Crippen LogP) is 1.11. The third-order valence-electron chi connectivity index (χ3n) is 2.47. The lowest BCUT2D eigenvalue weighted by Crippen LogP contribution is -2.26. The molecule has 0 spiro atoms. The highest BCUT2D eigenvalue weighted by Crippen LogP contribution is 2.12. The molecule has 4 heteroatoms. The van der Waals surface area contributed by atoms with Gasteiger partial charge >= 0.3 is 0 Å². The molecule has 1 saturated heterocycles. The molecule has 0 aliphatic carbocycles. The number of unbranched alkanes of at least 4 members (excludes halogenated alkanes) is 2. The van der Waals surface area contributed by atoms with E-state index in [4.69, 9.17) is 0 Å². The van der Waals surface area contributed by atoms with Crippen LogP contribution in [-0.2, 0) is 4.79 Å². The van der Waals surface area contributed by atoms with E-state index in [-0.39, 0.29) is 5.91 Å². The highest BCUT2D eigenvalue weighted by molar-refractivity contribution is 7.98. The van der Waals surface area contributed by atoms with E-state index in [1.165, 1.54) is 18.6 Å². The molecule has 1 rings (SSSR count). The summed E-state index contributed by atoms with van der Waals surface area (Å²) in [5.41, 5.74) is 0. The van der Waals surface area contributed by atoms with E-state index < -0.39 is 6.10 Å². The van der Waals surface area contributed by atoms with Gasteiger partial charge < -0.3 is 10.0 Å². The Hall–Kier alpha value is -0.220. The van der Waals surface area contributed by atoms with Crippen molar-refractivity contribution in [2.24, 2.45) is 0 Å². The van der Waals surface area contributed by atoms with E-state index in [2.05, 4.69) is 6.26 Å². The first-order valence-corrected chi connectivity index (χ1v) is 6.58. The highest BCUT2D eigenvalue weighted by Gasteiger charge is 2.26. The van der Waals surface area contributed by atoms with Crippen LogP contribution < -0.4 is 0 Å². The molecule has 0 bridgehead atoms. The fourth-order valence-corrected chi connectivity index (χ4v) is 2.19. The number of likely N-dealkylation sites (tertiary alicyclic amines) is 1. The SMILES string of the molecule is CSCCCCCN1CC(O)CC1=O. The van der Waals surface area contributed by atoms with Crippen molar-refractivity contribution in [2.45, 2.75) is 31.8 Å². The van der Waals surface area contributed by atoms with Crippen molar-refractivity contribution in [2.75, 3.05) is 25.1 Å². The van der Waals surface area contributed by atoms with Crippen molar-refractivity contribution >= 4 is 17.7 Å². The molecule has 1 fully saturated rings. The number of nitrogens with zero attached hydrogens (tertiary/aromatic N) is 1. The minimum atomic E-state index is -0.423. The molecule has 0 aromatic carbocycles. The van der Waals surface area contributed by atoms with Gasteiger partial charge in [-0.05, 0) is 24.9 Å². The molecule has 0 saturated carbocycles. The van der Waals surface area contributed by atoms with Gasteiger partial charge in [0.05, 0.1) is 12.5 Å². The molecule has 0 radical (unpaired) electrons. The Bertz CT molecular complexity index is 187. The summed E-state index contributed by atoms with van der Waals surface area (Å²) in [5, 5.41) is 9.24. The molecular weight excluding hydrogens is 198 g/mol. The van der Waals surface area contributed by atoms with Crippen LogP contribution in [0.15, 0.2) is 0 Å². The van der Waals surface area contributed by atoms with E-state index in [0.717, 1.165) is 13.0 Å². The molecule has 1 N–H and O–H groups in total. The number of carbonyl (C=O) groups is 1. The average Bonchev–Trinajstić information content (AvgIpc) is 2.45. The Morgan fingerprint density at radius 3 is 2.86 bits per heavy atom. The largest absolute Gasteiger partial charge is 0.391 e. The number of aliphatic hydroxyl groups is 1. The first kappa shape index (κ1) is 11.9. The topological polar surface area (TPSA) is 40.5 Å². The Morgan fingerprint density at radius 1 is 1.50 bits per heavy atom. The minimum Gasteiger partial charge on any atom is -0.391 e. The number of β-amino-alcohol motifs (C(OH)–C–C–N with tert-alkyl or cyclic N) is 1. The Morgan fingerprint density at radius 2 is 2.29 bits per heavy atom. The molecule has 3 nitrogen and oxygen atoms in total. The maximum Gasteiger partial charge on any atom is 0.225 e. The molecule has 1 aliphatic heterocycles. The fraction of sp³-hybridized carbons (Fsp3) is 0.900. The van der Waals surface area contributed by atoms with E-state index in [0.29, 0.717) is 13.0 Å². The van der Waals surface area contributed by atoms with Gasteiger partial charge in [0.1, 0.15) is 0 Å². The maximum atomic E-state index is 11.3. The molecule has 14 heavy (non-hydrogen) atoms. The predicted molar refractivity (Wildman–Crippen MR) is 59.4 cm³/mol. The van der Waals surface area contributed by atoms with Crippen LogP contribution in [0.4, 0.5) is 0 Å². The number of hydrogen-bond acceptors (Lipinski definition) is 3. The van der Waals surface area contributed by atoms with Crippen molar-refractivity contribution in [3.05, 3.63) is 0 Å². The zero-order valence-corrected chi connectivity index (χ0v) is 9.55. The van der Waals surface area contributed by atoms with Gasteiger partial charge in [0.2, 0.25) is 5.91 Å². The number of thioether (sulfide) groups is 1. The van der Waals surface area contributed by atoms with Gasteiger partial charge in [-0.1, -0.05) is 6.42 Å². The Balaban J connectivity index is 2.04. The van der Waals surface area contributed by atoms with Gasteiger partial charge in [-0.25, -0.2) is 0 Å². The van der Waals surface area contributed by atoms with Crippen molar-refractivity contribution in [3.8, 4) is 0 Å². The standard InChI is InChI=1S/C10H19NO2S/c1-14-6-4-2-3-5-11-8-9(12)7-10(11)13/h9,12H,2-8H2,1H3. The van der Waals surface area contributed by atoms with Crippen molar-refractivity contribution < 1.29 is 9.90 Å². The summed E-state index contributed by atoms with van der Waals surface area (Å²) in [6.07, 6.45) is 5.49. The lowest BCUT2D eigenvalue weighted by Gasteiger charge is -2.14. The van der Waals surface area contributed by atoms with E-state index in [1.54, 1.807) is 4.90 Å². The van der Waals surface area contributed by atoms with Crippen molar-refractivity contribution in [3.63, 3.8) is 0 Å². The summed E-state index contributed by atoms with van der Waals surface area (Å²) in [5.74, 6) is 1.32. The quantitative estimate of drug-likeness (QED) is 0.678. The third kappa shape index (κ3) is 3.88. The van der Waals surface area contributed by atoms with Crippen LogP contribution >= 0.6 is 11.8 Å². The first-order chi connectivity index (χ1) is 6.74. The number of amides is 1. The second-order valence-corrected chi connectivity index (χ2v) is 4.74. The number of rotatable bonds is 6. The van der Waals surface area contributed by atoms with Crippen LogP contribution in [0, 0.1) is 0 Å². The van der Waals surface area contributed by atoms with Crippen LogP contribution in [0.1, 0.15) is 25.7 Å². The van der Waals surface area contributed by atoms with Gasteiger partial charge in [-0.2, -0.15) is 11.8 Å². The molecule has 0 aromatic rings. The van der Waals surface area contributed by atoms with E-state index in [1.807, 2.05) is 11.8 Å². The molecule has 0 aromatic heterocycles. The second-order valence-electron chi connectivity index (χ2n) is 3.75. The number of hydrogen-bond donors (Lipinski definition) is 1. The summed E-state index contributed by atoms with van der Waals surface area (Å²) in [4.78, 5) is 13.0. The van der Waals surface area contributed by atoms with Gasteiger partial charge in [-0.15, -0.1) is 0 Å². The molecule has 1 amide bonds. The molecule has 1 aliphatic rings. The van der Waals surface area contributed by atoms with Crippen LogP contribution in [0.3, 0.4) is 0 Å². The normalized spacial score (nSPS) is 22.0. The lowest BCUT2D eigenvalue weighted by atomic mass is 10.2. The summed E-state index contributed by atoms with van der Waals surface area (Å²) in [6, 6.07) is 0. The van der Waals surface area contributed by atoms with Crippen LogP contribution in [0.25, 0.3) is 0 Å². The average molecular weight is 217 g/mol. The Labute approximate surface area is 89.9 Å². The first-order valence-electron chi connectivity index (χ1n) is 5.19. The zero-order valence-electron chi connectivity index (χ0n) is 8.74. The highest BCUT2D eigenvalue weighted by atomic mass is 32.2. The van der Waals surface area contributed by atoms with Crippen molar-refractivity contribution in [1.82, 2.24) is 4.90 Å². The monoisotopic (exact) mass is 217 g/mol. The molecule has 1 atom stereocenters. The van der Waals surface area contributed by atoms with Crippen LogP contribution in [-0.4, -0.2) is 47.1 Å². The van der Waals surface area contributed by atoms with Gasteiger partial charge in [0, 0.05) is 13.1 Å². The summed E-state index contributed by atoms with van der Waals surface area (Å²) in [6.45, 7) is 1.37. The van der Waals surface area contributed by atoms with Gasteiger partial charge in [0.25, 0.3) is 0 Å². The molecule has 1 heterocycles. The van der Waals surface area contributed by atoms with Gasteiger partial charge in [-0.3, -0.25) is 4.79 Å². The Kier molecular flexibility index (Phi) is 5.33. The van der Waals surface area contributed by atoms with Crippen LogP contribution in [0.2, 0.25) is 0 Å². The smallest absolute Gasteiger partial charge is 0.225 e. The third-order valence-corrected chi connectivity index (χ3v) is 3.17. The van der Waals surface area contributed by atoms with Crippen LogP contribution in [0.5, 0.6) is 0 Å². The fourth-order valence-electron chi connectivity index (χ4n) is 1.69. The van der Waals surface area contributed by atoms with Gasteiger partial charge in [0.15, 0.2) is 0 Å². The second kappa shape index (κ2) is 6.30.